The van der Waals surface area contributed by atoms with Gasteiger partial charge in [0.15, 0.2) is 0 Å². The number of nitrogens with zero attached hydrogens (tertiary/aromatic N) is 7. The number of rotatable bonds is 8. The number of fused-ring (bicyclic) bond motifs is 4. The summed E-state index contributed by atoms with van der Waals surface area (Å²) in [6, 6.07) is 10.8. The second-order valence-corrected chi connectivity index (χ2v) is 10.9. The maximum Gasteiger partial charge on any atom is 0.246 e. The first-order valence-electron chi connectivity index (χ1n) is 13.2. The first kappa shape index (κ1) is 26.0. The van der Waals surface area contributed by atoms with Crippen LogP contribution in [0.5, 0.6) is 0 Å². The molecule has 0 aliphatic carbocycles. The van der Waals surface area contributed by atoms with Crippen LogP contribution in [0.25, 0.3) is 21.1 Å². The van der Waals surface area contributed by atoms with Crippen LogP contribution in [0.2, 0.25) is 0 Å². The highest BCUT2D eigenvalue weighted by atomic mass is 32.1. The fourth-order valence-electron chi connectivity index (χ4n) is 4.90. The van der Waals surface area contributed by atoms with Crippen LogP contribution in [-0.2, 0) is 24.3 Å². The Kier molecular flexibility index (Phi) is 7.23. The molecule has 204 valence electrons. The maximum absolute atomic E-state index is 13.5. The van der Waals surface area contributed by atoms with Gasteiger partial charge in [-0.15, -0.1) is 11.3 Å². The van der Waals surface area contributed by atoms with Crippen molar-refractivity contribution in [2.75, 3.05) is 32.0 Å². The van der Waals surface area contributed by atoms with Gasteiger partial charge in [-0.25, -0.2) is 15.0 Å². The second kappa shape index (κ2) is 11.1. The molecule has 5 aromatic rings. The number of thiophene rings is 1. The van der Waals surface area contributed by atoms with Crippen molar-refractivity contribution in [2.45, 2.75) is 26.4 Å². The summed E-state index contributed by atoms with van der Waals surface area (Å²) in [4.78, 5) is 31.9. The number of nitrogens with one attached hydrogen (secondary N) is 1. The van der Waals surface area contributed by atoms with E-state index in [2.05, 4.69) is 37.2 Å². The van der Waals surface area contributed by atoms with E-state index in [9.17, 15) is 9.18 Å². The molecule has 0 spiro atoms. The van der Waals surface area contributed by atoms with Crippen LogP contribution in [0.1, 0.15) is 23.1 Å². The minimum atomic E-state index is -0.501. The molecule has 40 heavy (non-hydrogen) atoms. The van der Waals surface area contributed by atoms with Crippen molar-refractivity contribution in [3.63, 3.8) is 0 Å². The topological polar surface area (TPSA) is 92.1 Å². The van der Waals surface area contributed by atoms with Crippen LogP contribution < -0.4 is 5.32 Å². The number of hydrogen-bond donors (Lipinski definition) is 1. The largest absolute Gasteiger partial charge is 0.340 e. The van der Waals surface area contributed by atoms with Crippen LogP contribution in [0.4, 0.5) is 15.9 Å². The van der Waals surface area contributed by atoms with E-state index in [1.807, 2.05) is 40.9 Å². The number of anilines is 2. The van der Waals surface area contributed by atoms with Gasteiger partial charge in [0.1, 0.15) is 17.0 Å². The summed E-state index contributed by atoms with van der Waals surface area (Å²) in [7, 11) is 2.03. The van der Waals surface area contributed by atoms with Crippen molar-refractivity contribution in [2.24, 2.45) is 0 Å². The molecule has 0 atom stereocenters. The average molecular weight is 557 g/mol. The Morgan fingerprint density at radius 3 is 3.00 bits per heavy atom. The van der Waals surface area contributed by atoms with Gasteiger partial charge in [-0.3, -0.25) is 9.48 Å². The van der Waals surface area contributed by atoms with Gasteiger partial charge in [-0.05, 0) is 55.9 Å². The molecule has 1 aromatic carbocycles. The van der Waals surface area contributed by atoms with E-state index in [0.29, 0.717) is 25.3 Å². The standard InChI is InChI=1S/C29H29FN8OS/c1-3-36(2)12-5-8-26(39)37-13-11-22-24(17-37)40-29-27(22)28(31-18-32-29)35-20-9-10-23-19(14-20)15-33-38(23)16-21-6-4-7-25(30)34-21/h4-10,14-15,18H,3,11-13,16-17H2,1-2H3,(H,31,32,35)/b8-5+. The zero-order valence-electron chi connectivity index (χ0n) is 22.3. The van der Waals surface area contributed by atoms with E-state index in [1.165, 1.54) is 11.6 Å². The number of hydrogen-bond acceptors (Lipinski definition) is 8. The van der Waals surface area contributed by atoms with Gasteiger partial charge in [-0.1, -0.05) is 19.1 Å². The highest BCUT2D eigenvalue weighted by Crippen LogP contribution is 2.38. The summed E-state index contributed by atoms with van der Waals surface area (Å²) in [6.07, 6.45) is 7.74. The molecule has 0 unspecified atom stereocenters. The van der Waals surface area contributed by atoms with Gasteiger partial charge in [0.2, 0.25) is 11.9 Å². The average Bonchev–Trinajstić information content (AvgIpc) is 3.53. The van der Waals surface area contributed by atoms with E-state index in [0.717, 1.165) is 57.0 Å². The molecular formula is C29H29FN8OS. The van der Waals surface area contributed by atoms with Gasteiger partial charge in [0.05, 0.1) is 35.9 Å². The van der Waals surface area contributed by atoms with Crippen molar-refractivity contribution in [3.05, 3.63) is 83.2 Å². The van der Waals surface area contributed by atoms with Gasteiger partial charge < -0.3 is 15.1 Å². The number of benzene rings is 1. The first-order valence-corrected chi connectivity index (χ1v) is 14.0. The molecule has 1 N–H and O–H groups in total. The fraction of sp³-hybridized carbons (Fsp3) is 0.276. The van der Waals surface area contributed by atoms with E-state index >= 15 is 0 Å². The van der Waals surface area contributed by atoms with Gasteiger partial charge >= 0.3 is 0 Å². The summed E-state index contributed by atoms with van der Waals surface area (Å²) in [5, 5.41) is 9.93. The Morgan fingerprint density at radius 1 is 1.25 bits per heavy atom. The Balaban J connectivity index is 1.21. The molecule has 4 aromatic heterocycles. The SMILES string of the molecule is CCN(C)C/C=C/C(=O)N1CCc2c(sc3ncnc(Nc4ccc5c(cnn5Cc5cccc(F)n5)c4)c23)C1. The van der Waals surface area contributed by atoms with Crippen LogP contribution in [-0.4, -0.2) is 67.1 Å². The fourth-order valence-corrected chi connectivity index (χ4v) is 6.10. The summed E-state index contributed by atoms with van der Waals surface area (Å²) >= 11 is 1.62. The van der Waals surface area contributed by atoms with Crippen molar-refractivity contribution in [1.29, 1.82) is 0 Å². The number of carbonyl (C=O) groups is 1. The molecule has 5 heterocycles. The normalized spacial score (nSPS) is 13.6. The zero-order chi connectivity index (χ0) is 27.6. The lowest BCUT2D eigenvalue weighted by atomic mass is 10.0. The van der Waals surface area contributed by atoms with Crippen molar-refractivity contribution in [3.8, 4) is 0 Å². The van der Waals surface area contributed by atoms with Gasteiger partial charge in [0.25, 0.3) is 0 Å². The highest BCUT2D eigenvalue weighted by Gasteiger charge is 2.25. The van der Waals surface area contributed by atoms with Crippen molar-refractivity contribution >= 4 is 49.9 Å². The minimum Gasteiger partial charge on any atom is -0.340 e. The first-order chi connectivity index (χ1) is 19.5. The number of pyridine rings is 1. The number of carbonyl (C=O) groups excluding carboxylic acids is 1. The number of aromatic nitrogens is 5. The lowest BCUT2D eigenvalue weighted by molar-refractivity contribution is -0.126. The second-order valence-electron chi connectivity index (χ2n) is 9.83. The molecule has 1 aliphatic heterocycles. The van der Waals surface area contributed by atoms with Crippen molar-refractivity contribution < 1.29 is 9.18 Å². The lowest BCUT2D eigenvalue weighted by Crippen LogP contribution is -2.34. The Bertz CT molecular complexity index is 1730. The van der Waals surface area contributed by atoms with Gasteiger partial charge in [-0.2, -0.15) is 9.49 Å². The van der Waals surface area contributed by atoms with Gasteiger partial charge in [0, 0.05) is 35.1 Å². The van der Waals surface area contributed by atoms with E-state index in [4.69, 9.17) is 0 Å². The number of halogens is 1. The third-order valence-corrected chi connectivity index (χ3v) is 8.28. The zero-order valence-corrected chi connectivity index (χ0v) is 23.2. The Labute approximate surface area is 235 Å². The number of amides is 1. The van der Waals surface area contributed by atoms with Crippen molar-refractivity contribution in [1.82, 2.24) is 34.5 Å². The smallest absolute Gasteiger partial charge is 0.246 e. The molecule has 0 fully saturated rings. The molecule has 0 saturated heterocycles. The molecule has 0 saturated carbocycles. The van der Waals surface area contributed by atoms with E-state index < -0.39 is 5.95 Å². The third kappa shape index (κ3) is 5.30. The monoisotopic (exact) mass is 556 g/mol. The van der Waals surface area contributed by atoms with Crippen LogP contribution in [0.15, 0.2) is 61.1 Å². The lowest BCUT2D eigenvalue weighted by Gasteiger charge is -2.26. The number of likely N-dealkylation sites (N-methyl/N-ethyl adjacent to an activating group) is 1. The summed E-state index contributed by atoms with van der Waals surface area (Å²) in [5.74, 6) is 0.290. The predicted molar refractivity (Wildman–Crippen MR) is 155 cm³/mol. The predicted octanol–water partition coefficient (Wildman–Crippen LogP) is 4.76. The highest BCUT2D eigenvalue weighted by molar-refractivity contribution is 7.19. The van der Waals surface area contributed by atoms with E-state index in [1.54, 1.807) is 42.1 Å². The molecule has 11 heteroatoms. The third-order valence-electron chi connectivity index (χ3n) is 7.16. The molecule has 1 amide bonds. The maximum atomic E-state index is 13.5. The van der Waals surface area contributed by atoms with E-state index in [-0.39, 0.29) is 5.91 Å². The summed E-state index contributed by atoms with van der Waals surface area (Å²) in [5.41, 5.74) is 3.62. The molecule has 6 rings (SSSR count). The molecule has 1 aliphatic rings. The summed E-state index contributed by atoms with van der Waals surface area (Å²) in [6.45, 7) is 5.41. The van der Waals surface area contributed by atoms with Crippen LogP contribution in [0, 0.1) is 5.95 Å². The Morgan fingerprint density at radius 2 is 2.15 bits per heavy atom. The molecule has 0 radical (unpaired) electrons. The summed E-state index contributed by atoms with van der Waals surface area (Å²) < 4.78 is 15.3. The van der Waals surface area contributed by atoms with Crippen LogP contribution in [0.3, 0.4) is 0 Å². The molecule has 0 bridgehead atoms. The Hall–Kier alpha value is -4.22. The minimum absolute atomic E-state index is 0.0408. The molecular weight excluding hydrogens is 527 g/mol. The van der Waals surface area contributed by atoms with Crippen LogP contribution >= 0.6 is 11.3 Å². The molecule has 9 nitrogen and oxygen atoms in total. The quantitative estimate of drug-likeness (QED) is 0.218.